The second-order valence-electron chi connectivity index (χ2n) is 6.25. The van der Waals surface area contributed by atoms with Crippen LogP contribution in [0.4, 0.5) is 0 Å². The van der Waals surface area contributed by atoms with Gasteiger partial charge in [-0.15, -0.1) is 0 Å². The number of hydrogen-bond donors (Lipinski definition) is 3. The molecule has 5 nitrogen and oxygen atoms in total. The van der Waals surface area contributed by atoms with Crippen molar-refractivity contribution < 1.29 is 20.1 Å². The fourth-order valence-electron chi connectivity index (χ4n) is 3.39. The molecule has 0 amide bonds. The molecule has 1 aliphatic rings. The first-order valence-electron chi connectivity index (χ1n) is 7.39. The summed E-state index contributed by atoms with van der Waals surface area (Å²) in [7, 11) is 3.84. The van der Waals surface area contributed by atoms with E-state index in [-0.39, 0.29) is 22.1 Å². The maximum atomic E-state index is 11.3. The molecule has 2 rings (SSSR count). The summed E-state index contributed by atoms with van der Waals surface area (Å²) in [5, 5.41) is 31.0. The molecule has 0 aromatic heterocycles. The molecule has 1 aromatic rings. The Bertz CT molecular complexity index is 576. The molecule has 22 heavy (non-hydrogen) atoms. The predicted molar refractivity (Wildman–Crippen MR) is 84.5 cm³/mol. The number of carboxylic acid groups (broad SMARTS) is 1. The molecule has 0 saturated heterocycles. The minimum absolute atomic E-state index is 0.108. The molecule has 0 unspecified atom stereocenters. The molecule has 0 bridgehead atoms. The number of aromatic hydroxyl groups is 1. The van der Waals surface area contributed by atoms with Crippen LogP contribution >= 0.6 is 11.6 Å². The number of aliphatic hydroxyl groups is 1. The van der Waals surface area contributed by atoms with Gasteiger partial charge in [0.25, 0.3) is 0 Å². The van der Waals surface area contributed by atoms with Crippen LogP contribution in [0, 0.1) is 5.92 Å². The summed E-state index contributed by atoms with van der Waals surface area (Å²) in [6, 6.07) is 2.69. The molecule has 0 radical (unpaired) electrons. The zero-order valence-electron chi connectivity index (χ0n) is 12.8. The van der Waals surface area contributed by atoms with Crippen LogP contribution in [0.3, 0.4) is 0 Å². The van der Waals surface area contributed by atoms with Crippen LogP contribution in [-0.2, 0) is 5.60 Å². The lowest BCUT2D eigenvalue weighted by molar-refractivity contribution is -0.0631. The normalized spacial score (nSPS) is 25.4. The molecule has 0 spiro atoms. The second-order valence-corrected chi connectivity index (χ2v) is 6.66. The average Bonchev–Trinajstić information content (AvgIpc) is 2.40. The highest BCUT2D eigenvalue weighted by Crippen LogP contribution is 2.48. The molecule has 2 atom stereocenters. The van der Waals surface area contributed by atoms with E-state index in [9.17, 15) is 20.1 Å². The van der Waals surface area contributed by atoms with E-state index in [4.69, 9.17) is 11.6 Å². The molecule has 6 heteroatoms. The van der Waals surface area contributed by atoms with E-state index in [1.807, 2.05) is 19.0 Å². The Morgan fingerprint density at radius 1 is 1.41 bits per heavy atom. The average molecular weight is 328 g/mol. The topological polar surface area (TPSA) is 81.0 Å². The van der Waals surface area contributed by atoms with Crippen molar-refractivity contribution in [1.29, 1.82) is 0 Å². The number of aromatic carboxylic acids is 1. The zero-order chi connectivity index (χ0) is 16.5. The first kappa shape index (κ1) is 17.1. The van der Waals surface area contributed by atoms with Crippen molar-refractivity contribution in [2.24, 2.45) is 5.92 Å². The minimum atomic E-state index is -1.31. The predicted octanol–water partition coefficient (Wildman–Crippen LogP) is 2.68. The number of benzene rings is 1. The fraction of sp³-hybridized carbons (Fsp3) is 0.562. The standard InChI is InChI=1S/C16H22ClNO4/c1-18(2)9-10-5-3-4-8-16(10,22)13-12(17)7-6-11(14(13)19)15(20)21/h6-7,10,19,22H,3-5,8-9H2,1-2H3,(H,20,21)/t10-,16-/m1/s1. The Labute approximate surface area is 135 Å². The van der Waals surface area contributed by atoms with E-state index < -0.39 is 17.3 Å². The Hall–Kier alpha value is -1.30. The van der Waals surface area contributed by atoms with Crippen LogP contribution in [0.5, 0.6) is 5.75 Å². The van der Waals surface area contributed by atoms with Crippen LogP contribution in [0.1, 0.15) is 41.6 Å². The highest BCUT2D eigenvalue weighted by atomic mass is 35.5. The van der Waals surface area contributed by atoms with Gasteiger partial charge < -0.3 is 20.2 Å². The molecule has 1 aromatic carbocycles. The van der Waals surface area contributed by atoms with E-state index in [0.717, 1.165) is 19.3 Å². The summed E-state index contributed by atoms with van der Waals surface area (Å²) in [4.78, 5) is 13.2. The van der Waals surface area contributed by atoms with Gasteiger partial charge in [0.15, 0.2) is 0 Å². The van der Waals surface area contributed by atoms with E-state index in [2.05, 4.69) is 0 Å². The third kappa shape index (κ3) is 3.07. The summed E-state index contributed by atoms with van der Waals surface area (Å²) in [6.45, 7) is 0.642. The highest BCUT2D eigenvalue weighted by Gasteiger charge is 2.44. The van der Waals surface area contributed by atoms with Crippen LogP contribution in [-0.4, -0.2) is 46.8 Å². The van der Waals surface area contributed by atoms with Crippen LogP contribution in [0.2, 0.25) is 5.02 Å². The molecule has 0 heterocycles. The van der Waals surface area contributed by atoms with Crippen molar-refractivity contribution in [2.75, 3.05) is 20.6 Å². The van der Waals surface area contributed by atoms with E-state index >= 15 is 0 Å². The first-order valence-corrected chi connectivity index (χ1v) is 7.77. The number of halogens is 1. The van der Waals surface area contributed by atoms with Crippen LogP contribution < -0.4 is 0 Å². The van der Waals surface area contributed by atoms with Gasteiger partial charge in [-0.05, 0) is 39.1 Å². The molecule has 1 saturated carbocycles. The Balaban J connectivity index is 2.55. The number of carboxylic acids is 1. The van der Waals surface area contributed by atoms with Gasteiger partial charge in [0.05, 0.1) is 10.6 Å². The van der Waals surface area contributed by atoms with Crippen molar-refractivity contribution in [3.8, 4) is 5.75 Å². The van der Waals surface area contributed by atoms with Gasteiger partial charge in [-0.3, -0.25) is 0 Å². The van der Waals surface area contributed by atoms with Crippen LogP contribution in [0.15, 0.2) is 12.1 Å². The summed E-state index contributed by atoms with van der Waals surface area (Å²) < 4.78 is 0. The van der Waals surface area contributed by atoms with Gasteiger partial charge in [0.2, 0.25) is 0 Å². The summed E-state index contributed by atoms with van der Waals surface area (Å²) in [6.07, 6.45) is 3.08. The maximum absolute atomic E-state index is 11.3. The van der Waals surface area contributed by atoms with Gasteiger partial charge in [0, 0.05) is 18.0 Å². The third-order valence-electron chi connectivity index (χ3n) is 4.41. The molecule has 3 N–H and O–H groups in total. The van der Waals surface area contributed by atoms with E-state index in [1.165, 1.54) is 12.1 Å². The number of carbonyl (C=O) groups is 1. The molecule has 1 aliphatic carbocycles. The number of phenols is 1. The lowest BCUT2D eigenvalue weighted by Gasteiger charge is -2.42. The van der Waals surface area contributed by atoms with Gasteiger partial charge in [-0.1, -0.05) is 24.4 Å². The molecule has 122 valence electrons. The highest BCUT2D eigenvalue weighted by molar-refractivity contribution is 6.31. The fourth-order valence-corrected chi connectivity index (χ4v) is 3.71. The Morgan fingerprint density at radius 3 is 2.68 bits per heavy atom. The molecule has 1 fully saturated rings. The van der Waals surface area contributed by atoms with E-state index in [0.29, 0.717) is 13.0 Å². The molecular weight excluding hydrogens is 306 g/mol. The minimum Gasteiger partial charge on any atom is -0.507 e. The quantitative estimate of drug-likeness (QED) is 0.792. The lowest BCUT2D eigenvalue weighted by atomic mass is 9.70. The monoisotopic (exact) mass is 327 g/mol. The van der Waals surface area contributed by atoms with Gasteiger partial charge in [-0.25, -0.2) is 4.79 Å². The number of rotatable bonds is 4. The van der Waals surface area contributed by atoms with E-state index in [1.54, 1.807) is 0 Å². The number of nitrogens with zero attached hydrogens (tertiary/aromatic N) is 1. The molecular formula is C16H22ClNO4. The second kappa shape index (κ2) is 6.44. The zero-order valence-corrected chi connectivity index (χ0v) is 13.6. The summed E-state index contributed by atoms with van der Waals surface area (Å²) in [5.41, 5.74) is -1.39. The number of hydrogen-bond acceptors (Lipinski definition) is 4. The largest absolute Gasteiger partial charge is 0.507 e. The van der Waals surface area contributed by atoms with Gasteiger partial charge >= 0.3 is 5.97 Å². The third-order valence-corrected chi connectivity index (χ3v) is 4.73. The summed E-state index contributed by atoms with van der Waals surface area (Å²) >= 11 is 6.20. The maximum Gasteiger partial charge on any atom is 0.339 e. The summed E-state index contributed by atoms with van der Waals surface area (Å²) in [5.74, 6) is -1.77. The van der Waals surface area contributed by atoms with Crippen molar-refractivity contribution in [1.82, 2.24) is 4.90 Å². The van der Waals surface area contributed by atoms with Crippen LogP contribution in [0.25, 0.3) is 0 Å². The first-order chi connectivity index (χ1) is 10.3. The molecule has 0 aliphatic heterocycles. The van der Waals surface area contributed by atoms with Crippen molar-refractivity contribution in [3.05, 3.63) is 28.3 Å². The van der Waals surface area contributed by atoms with Crippen molar-refractivity contribution in [3.63, 3.8) is 0 Å². The van der Waals surface area contributed by atoms with Crippen molar-refractivity contribution in [2.45, 2.75) is 31.3 Å². The van der Waals surface area contributed by atoms with Gasteiger partial charge in [0.1, 0.15) is 11.3 Å². The van der Waals surface area contributed by atoms with Gasteiger partial charge in [-0.2, -0.15) is 0 Å². The Kier molecular flexibility index (Phi) is 5.00. The SMILES string of the molecule is CN(C)C[C@H]1CCCC[C@]1(O)c1c(Cl)ccc(C(=O)O)c1O. The Morgan fingerprint density at radius 2 is 2.09 bits per heavy atom. The smallest absolute Gasteiger partial charge is 0.339 e. The van der Waals surface area contributed by atoms with Crippen molar-refractivity contribution >= 4 is 17.6 Å². The lowest BCUT2D eigenvalue weighted by Crippen LogP contribution is -2.43.